The summed E-state index contributed by atoms with van der Waals surface area (Å²) >= 11 is 0. The summed E-state index contributed by atoms with van der Waals surface area (Å²) in [5, 5.41) is 4.44. The van der Waals surface area contributed by atoms with Gasteiger partial charge in [0.05, 0.1) is 23.0 Å². The van der Waals surface area contributed by atoms with Gasteiger partial charge in [0.1, 0.15) is 0 Å². The van der Waals surface area contributed by atoms with Crippen molar-refractivity contribution in [3.8, 4) is 5.69 Å². The van der Waals surface area contributed by atoms with Crippen LogP contribution >= 0.6 is 0 Å². The maximum atomic E-state index is 12.6. The lowest BCUT2D eigenvalue weighted by Crippen LogP contribution is -2.03. The molecule has 102 valence electrons. The van der Waals surface area contributed by atoms with E-state index in [2.05, 4.69) is 10.1 Å². The summed E-state index contributed by atoms with van der Waals surface area (Å²) in [6.45, 7) is 0. The van der Waals surface area contributed by atoms with E-state index in [-0.39, 0.29) is 0 Å². The summed E-state index contributed by atoms with van der Waals surface area (Å²) in [5.41, 5.74) is 6.53. The van der Waals surface area contributed by atoms with Crippen LogP contribution in [0.4, 0.5) is 18.9 Å². The monoisotopic (exact) mass is 278 g/mol. The normalized spacial score (nSPS) is 11.9. The highest BCUT2D eigenvalue weighted by Gasteiger charge is 2.32. The maximum absolute atomic E-state index is 12.6. The smallest absolute Gasteiger partial charge is 0.399 e. The van der Waals surface area contributed by atoms with Gasteiger partial charge in [0.2, 0.25) is 0 Å². The first kappa shape index (κ1) is 12.5. The molecule has 3 aromatic rings. The Hall–Kier alpha value is -2.57. The number of nitrogens with zero attached hydrogens (tertiary/aromatic N) is 3. The largest absolute Gasteiger partial charge is 0.419 e. The minimum atomic E-state index is -4.41. The molecule has 3 rings (SSSR count). The van der Waals surface area contributed by atoms with E-state index in [9.17, 15) is 13.2 Å². The number of benzene rings is 1. The first-order valence-corrected chi connectivity index (χ1v) is 5.71. The highest BCUT2D eigenvalue weighted by molar-refractivity contribution is 5.88. The lowest BCUT2D eigenvalue weighted by Gasteiger charge is -2.06. The molecule has 0 atom stereocenters. The zero-order chi connectivity index (χ0) is 14.3. The molecule has 0 amide bonds. The van der Waals surface area contributed by atoms with Gasteiger partial charge in [0, 0.05) is 23.5 Å². The van der Waals surface area contributed by atoms with Gasteiger partial charge >= 0.3 is 6.18 Å². The number of hydrogen-bond acceptors (Lipinski definition) is 3. The highest BCUT2D eigenvalue weighted by Crippen LogP contribution is 2.30. The molecular formula is C13H9F3N4. The molecule has 0 bridgehead atoms. The van der Waals surface area contributed by atoms with E-state index in [1.807, 2.05) is 0 Å². The van der Waals surface area contributed by atoms with Crippen LogP contribution in [0.25, 0.3) is 16.6 Å². The summed E-state index contributed by atoms with van der Waals surface area (Å²) in [4.78, 5) is 4.14. The molecule has 0 aliphatic carbocycles. The Morgan fingerprint density at radius 3 is 2.65 bits per heavy atom. The number of aromatic nitrogens is 3. The summed E-state index contributed by atoms with van der Waals surface area (Å²) < 4.78 is 39.0. The minimum Gasteiger partial charge on any atom is -0.399 e. The van der Waals surface area contributed by atoms with Crippen LogP contribution in [0.15, 0.2) is 42.9 Å². The van der Waals surface area contributed by atoms with Gasteiger partial charge in [-0.15, -0.1) is 0 Å². The zero-order valence-corrected chi connectivity index (χ0v) is 10.1. The summed E-state index contributed by atoms with van der Waals surface area (Å²) in [5.74, 6) is 0. The second-order valence-corrected chi connectivity index (χ2v) is 4.28. The molecule has 0 aliphatic rings. The predicted molar refractivity (Wildman–Crippen MR) is 68.3 cm³/mol. The van der Waals surface area contributed by atoms with E-state index in [1.54, 1.807) is 24.3 Å². The molecule has 0 spiro atoms. The number of halogens is 3. The van der Waals surface area contributed by atoms with Crippen LogP contribution < -0.4 is 5.73 Å². The van der Waals surface area contributed by atoms with Gasteiger partial charge in [0.15, 0.2) is 0 Å². The fourth-order valence-electron chi connectivity index (χ4n) is 1.95. The lowest BCUT2D eigenvalue weighted by atomic mass is 10.1. The van der Waals surface area contributed by atoms with Crippen molar-refractivity contribution in [1.82, 2.24) is 14.8 Å². The zero-order valence-electron chi connectivity index (χ0n) is 10.1. The molecule has 20 heavy (non-hydrogen) atoms. The van der Waals surface area contributed by atoms with E-state index in [4.69, 9.17) is 5.73 Å². The Bertz CT molecular complexity index is 777. The van der Waals surface area contributed by atoms with Crippen LogP contribution in [0.5, 0.6) is 0 Å². The van der Waals surface area contributed by atoms with Crippen molar-refractivity contribution in [1.29, 1.82) is 0 Å². The molecule has 2 N–H and O–H groups in total. The predicted octanol–water partition coefficient (Wildman–Crippen LogP) is 3.02. The van der Waals surface area contributed by atoms with Crippen molar-refractivity contribution < 1.29 is 13.2 Å². The Balaban J connectivity index is 2.17. The van der Waals surface area contributed by atoms with E-state index >= 15 is 0 Å². The molecule has 2 heterocycles. The number of alkyl halides is 3. The number of nitrogen functional groups attached to an aromatic ring is 1. The average Bonchev–Trinajstić information content (AvgIpc) is 2.87. The Labute approximate surface area is 111 Å². The van der Waals surface area contributed by atoms with Crippen molar-refractivity contribution in [3.05, 3.63) is 48.4 Å². The number of pyridine rings is 1. The van der Waals surface area contributed by atoms with Gasteiger partial charge in [-0.2, -0.15) is 18.3 Å². The van der Waals surface area contributed by atoms with E-state index in [0.29, 0.717) is 22.3 Å². The van der Waals surface area contributed by atoms with Gasteiger partial charge in [-0.3, -0.25) is 4.98 Å². The SMILES string of the molecule is Nc1ccc2c(-n3cc(C(F)(F)F)cn3)ccnc2c1. The first-order valence-electron chi connectivity index (χ1n) is 5.71. The van der Waals surface area contributed by atoms with Crippen LogP contribution in [0.3, 0.4) is 0 Å². The molecule has 1 aromatic carbocycles. The van der Waals surface area contributed by atoms with Crippen molar-refractivity contribution >= 4 is 16.6 Å². The first-order chi connectivity index (χ1) is 9.45. The van der Waals surface area contributed by atoms with Gasteiger partial charge in [-0.25, -0.2) is 4.68 Å². The molecule has 4 nitrogen and oxygen atoms in total. The van der Waals surface area contributed by atoms with Crippen molar-refractivity contribution in [3.63, 3.8) is 0 Å². The number of fused-ring (bicyclic) bond motifs is 1. The standard InChI is InChI=1S/C13H9F3N4/c14-13(15,16)8-6-19-20(7-8)12-3-4-18-11-5-9(17)1-2-10(11)12/h1-7H,17H2. The number of nitrogens with two attached hydrogens (primary N) is 1. The van der Waals surface area contributed by atoms with Gasteiger partial charge in [0.25, 0.3) is 0 Å². The fraction of sp³-hybridized carbons (Fsp3) is 0.0769. The minimum absolute atomic E-state index is 0.519. The Morgan fingerprint density at radius 1 is 1.15 bits per heavy atom. The molecule has 0 unspecified atom stereocenters. The molecule has 0 aliphatic heterocycles. The third-order valence-corrected chi connectivity index (χ3v) is 2.90. The molecule has 0 fully saturated rings. The number of anilines is 1. The van der Waals surface area contributed by atoms with Crippen LogP contribution in [0.2, 0.25) is 0 Å². The van der Waals surface area contributed by atoms with Gasteiger partial charge in [-0.1, -0.05) is 0 Å². The third-order valence-electron chi connectivity index (χ3n) is 2.90. The van der Waals surface area contributed by atoms with E-state index < -0.39 is 11.7 Å². The summed E-state index contributed by atoms with van der Waals surface area (Å²) in [7, 11) is 0. The van der Waals surface area contributed by atoms with Crippen LogP contribution in [0, 0.1) is 0 Å². The Kier molecular flexibility index (Phi) is 2.63. The van der Waals surface area contributed by atoms with Crippen LogP contribution in [-0.2, 0) is 6.18 Å². The second kappa shape index (κ2) is 4.22. The van der Waals surface area contributed by atoms with E-state index in [1.165, 1.54) is 10.9 Å². The number of rotatable bonds is 1. The lowest BCUT2D eigenvalue weighted by molar-refractivity contribution is -0.137. The molecule has 7 heteroatoms. The number of hydrogen-bond donors (Lipinski definition) is 1. The van der Waals surface area contributed by atoms with Gasteiger partial charge in [-0.05, 0) is 24.3 Å². The van der Waals surface area contributed by atoms with Gasteiger partial charge < -0.3 is 5.73 Å². The average molecular weight is 278 g/mol. The molecule has 0 saturated carbocycles. The Morgan fingerprint density at radius 2 is 1.95 bits per heavy atom. The maximum Gasteiger partial charge on any atom is 0.419 e. The topological polar surface area (TPSA) is 56.7 Å². The molecule has 0 saturated heterocycles. The summed E-state index contributed by atoms with van der Waals surface area (Å²) in [6.07, 6.45) is -1.16. The van der Waals surface area contributed by atoms with Crippen LogP contribution in [0.1, 0.15) is 5.56 Å². The summed E-state index contributed by atoms with van der Waals surface area (Å²) in [6, 6.07) is 6.64. The highest BCUT2D eigenvalue weighted by atomic mass is 19.4. The fourth-order valence-corrected chi connectivity index (χ4v) is 1.95. The van der Waals surface area contributed by atoms with Crippen LogP contribution in [-0.4, -0.2) is 14.8 Å². The molecular weight excluding hydrogens is 269 g/mol. The quantitative estimate of drug-likeness (QED) is 0.696. The third kappa shape index (κ3) is 2.07. The van der Waals surface area contributed by atoms with Crippen molar-refractivity contribution in [2.75, 3.05) is 5.73 Å². The van der Waals surface area contributed by atoms with Crippen molar-refractivity contribution in [2.45, 2.75) is 6.18 Å². The van der Waals surface area contributed by atoms with E-state index in [0.717, 1.165) is 12.4 Å². The second-order valence-electron chi connectivity index (χ2n) is 4.28. The molecule has 0 radical (unpaired) electrons. The van der Waals surface area contributed by atoms with Crippen molar-refractivity contribution in [2.24, 2.45) is 0 Å². The molecule has 2 aromatic heterocycles.